The van der Waals surface area contributed by atoms with Crippen LogP contribution in [-0.4, -0.2) is 12.0 Å². The van der Waals surface area contributed by atoms with Crippen molar-refractivity contribution in [1.82, 2.24) is 0 Å². The molecule has 0 aliphatic heterocycles. The Hall–Kier alpha value is -2.80. The molecule has 22 heavy (non-hydrogen) atoms. The highest BCUT2D eigenvalue weighted by Gasteiger charge is 1.98. The number of para-hydroxylation sites is 2. The third-order valence-electron chi connectivity index (χ3n) is 3.34. The fraction of sp³-hybridized carbons (Fsp3) is 0.222. The molecule has 0 spiro atoms. The first-order chi connectivity index (χ1) is 10.6. The van der Waals surface area contributed by atoms with Gasteiger partial charge in [-0.15, -0.1) is 0 Å². The van der Waals surface area contributed by atoms with Crippen molar-refractivity contribution in [2.75, 3.05) is 0 Å². The van der Waals surface area contributed by atoms with Crippen LogP contribution in [0.5, 0.6) is 0 Å². The van der Waals surface area contributed by atoms with Crippen LogP contribution in [0, 0.1) is 27.7 Å². The van der Waals surface area contributed by atoms with Crippen LogP contribution >= 0.6 is 0 Å². The first kappa shape index (κ1) is 15.6. The molecule has 0 saturated carbocycles. The Bertz CT molecular complexity index is 696. The second-order valence-corrected chi connectivity index (χ2v) is 5.10. The van der Waals surface area contributed by atoms with Gasteiger partial charge in [0.2, 0.25) is 0 Å². The highest BCUT2D eigenvalue weighted by molar-refractivity contribution is 5.61. The standard InChI is InChI=1S/C18H18N4/c1-13-7-5-8-14(2)17(13)19-11-21-22-12-20-18-15(3)9-6-10-16(18)4/h5-10H,1-4H3. The molecule has 2 aromatic carbocycles. The molecule has 0 fully saturated rings. The van der Waals surface area contributed by atoms with Crippen LogP contribution in [0.25, 0.3) is 0 Å². The van der Waals surface area contributed by atoms with E-state index in [2.05, 4.69) is 32.2 Å². The van der Waals surface area contributed by atoms with E-state index >= 15 is 0 Å². The lowest BCUT2D eigenvalue weighted by Crippen LogP contribution is -1.78. The third-order valence-corrected chi connectivity index (χ3v) is 3.34. The fourth-order valence-electron chi connectivity index (χ4n) is 2.15. The van der Waals surface area contributed by atoms with Crippen LogP contribution in [0.2, 0.25) is 0 Å². The Morgan fingerprint density at radius 1 is 0.591 bits per heavy atom. The third kappa shape index (κ3) is 3.86. The number of hydrogen-bond donors (Lipinski definition) is 0. The highest BCUT2D eigenvalue weighted by Crippen LogP contribution is 2.22. The summed E-state index contributed by atoms with van der Waals surface area (Å²) in [6.45, 7) is 8.00. The van der Waals surface area contributed by atoms with Gasteiger partial charge in [-0.1, -0.05) is 46.6 Å². The van der Waals surface area contributed by atoms with Crippen molar-refractivity contribution in [3.63, 3.8) is 0 Å². The van der Waals surface area contributed by atoms with Crippen molar-refractivity contribution in [2.45, 2.75) is 27.7 Å². The van der Waals surface area contributed by atoms with Crippen LogP contribution in [-0.2, 0) is 0 Å². The summed E-state index contributed by atoms with van der Waals surface area (Å²) < 4.78 is 0. The van der Waals surface area contributed by atoms with E-state index < -0.39 is 0 Å². The normalized spacial score (nSPS) is 9.45. The second kappa shape index (κ2) is 7.28. The Kier molecular flexibility index (Phi) is 5.16. The van der Waals surface area contributed by atoms with Crippen LogP contribution in [0.4, 0.5) is 11.4 Å². The van der Waals surface area contributed by atoms with Crippen LogP contribution in [0.15, 0.2) is 56.6 Å². The molecule has 0 radical (unpaired) electrons. The minimum Gasteiger partial charge on any atom is -0.186 e. The Labute approximate surface area is 130 Å². The quantitative estimate of drug-likeness (QED) is 0.554. The van der Waals surface area contributed by atoms with Crippen molar-refractivity contribution < 1.29 is 0 Å². The van der Waals surface area contributed by atoms with E-state index in [1.807, 2.05) is 64.1 Å². The average molecular weight is 290 g/mol. The van der Waals surface area contributed by atoms with E-state index in [0.29, 0.717) is 0 Å². The molecule has 0 atom stereocenters. The Balaban J connectivity index is 2.18. The van der Waals surface area contributed by atoms with Gasteiger partial charge >= 0.3 is 0 Å². The summed E-state index contributed by atoms with van der Waals surface area (Å²) in [6, 6.07) is 17.1. The van der Waals surface area contributed by atoms with Crippen molar-refractivity contribution in [1.29, 1.82) is 0 Å². The zero-order valence-corrected chi connectivity index (χ0v) is 13.3. The lowest BCUT2D eigenvalue weighted by Gasteiger charge is -2.00. The summed E-state index contributed by atoms with van der Waals surface area (Å²) in [5, 5.41) is 7.45. The first-order valence-corrected chi connectivity index (χ1v) is 7.03. The first-order valence-electron chi connectivity index (χ1n) is 7.03. The van der Waals surface area contributed by atoms with E-state index in [-0.39, 0.29) is 0 Å². The number of aliphatic imine (C=N–C) groups is 2. The van der Waals surface area contributed by atoms with Gasteiger partial charge < -0.3 is 0 Å². The molecule has 0 N–H and O–H groups in total. The van der Waals surface area contributed by atoms with Gasteiger partial charge in [-0.05, 0) is 49.9 Å². The van der Waals surface area contributed by atoms with Crippen molar-refractivity contribution in [3.8, 4) is 0 Å². The van der Waals surface area contributed by atoms with E-state index in [1.165, 1.54) is 0 Å². The maximum absolute atomic E-state index is 4.19. The van der Waals surface area contributed by atoms with Gasteiger partial charge in [0.1, 0.15) is 12.0 Å². The second-order valence-electron chi connectivity index (χ2n) is 5.10. The average Bonchev–Trinajstić information content (AvgIpc) is 2.47. The molecule has 2 aromatic rings. The summed E-state index contributed by atoms with van der Waals surface area (Å²) in [5.41, 5.74) is 6.06. The molecule has 0 aliphatic rings. The number of nitrogens with zero attached hydrogens (tertiary/aromatic N) is 4. The smallest absolute Gasteiger partial charge is 0.123 e. The minimum atomic E-state index is 0.869. The van der Waals surface area contributed by atoms with Crippen molar-refractivity contribution in [3.05, 3.63) is 58.7 Å². The van der Waals surface area contributed by atoms with Crippen molar-refractivity contribution >= 4 is 23.4 Å². The van der Waals surface area contributed by atoms with E-state index in [9.17, 15) is 0 Å². The minimum absolute atomic E-state index is 0.869. The molecule has 0 heterocycles. The van der Waals surface area contributed by atoms with Gasteiger partial charge in [0.15, 0.2) is 0 Å². The molecule has 0 saturated heterocycles. The topological polar surface area (TPSA) is 49.4 Å². The maximum Gasteiger partial charge on any atom is 0.123 e. The van der Waals surface area contributed by atoms with E-state index in [4.69, 9.17) is 0 Å². The summed E-state index contributed by atoms with van der Waals surface area (Å²) >= 11 is 0. The number of rotatable bonds is 3. The zero-order valence-electron chi connectivity index (χ0n) is 13.3. The van der Waals surface area contributed by atoms with Crippen LogP contribution in [0.3, 0.4) is 0 Å². The molecule has 0 aromatic heterocycles. The summed E-state index contributed by atoms with van der Waals surface area (Å²) in [4.78, 5) is 8.39. The molecule has 4 heteroatoms. The Morgan fingerprint density at radius 2 is 0.909 bits per heavy atom. The predicted molar refractivity (Wildman–Crippen MR) is 90.9 cm³/mol. The molecular formula is C18H18N4. The van der Waals surface area contributed by atoms with Crippen LogP contribution < -0.4 is 0 Å². The Morgan fingerprint density at radius 3 is 1.23 bits per heavy atom. The van der Waals surface area contributed by atoms with Gasteiger partial charge in [-0.3, -0.25) is 0 Å². The number of benzene rings is 2. The zero-order chi connectivity index (χ0) is 15.9. The molecule has 0 amide bonds. The summed E-state index contributed by atoms with van der Waals surface area (Å²) in [5.74, 6) is 0. The summed E-state index contributed by atoms with van der Waals surface area (Å²) in [6.07, 6.45) is 0. The van der Waals surface area contributed by atoms with Gasteiger partial charge in [0.25, 0.3) is 0 Å². The molecule has 4 nitrogen and oxygen atoms in total. The molecule has 2 rings (SSSR count). The highest BCUT2D eigenvalue weighted by atomic mass is 15.2. The van der Waals surface area contributed by atoms with Gasteiger partial charge in [0.05, 0.1) is 11.4 Å². The van der Waals surface area contributed by atoms with Crippen molar-refractivity contribution in [2.24, 2.45) is 20.2 Å². The molecule has 0 unspecified atom stereocenters. The number of hydrogen-bond acceptors (Lipinski definition) is 4. The molecule has 0 bridgehead atoms. The van der Waals surface area contributed by atoms with Gasteiger partial charge in [-0.25, -0.2) is 0 Å². The van der Waals surface area contributed by atoms with Crippen LogP contribution in [0.1, 0.15) is 22.3 Å². The number of aryl methyl sites for hydroxylation is 4. The monoisotopic (exact) mass is 290 g/mol. The molecule has 0 aliphatic carbocycles. The summed E-state index contributed by atoms with van der Waals surface area (Å²) in [7, 11) is 0. The van der Waals surface area contributed by atoms with Gasteiger partial charge in [-0.2, -0.15) is 9.98 Å². The van der Waals surface area contributed by atoms with E-state index in [0.717, 1.165) is 33.6 Å². The molecular weight excluding hydrogens is 272 g/mol. The van der Waals surface area contributed by atoms with Gasteiger partial charge in [0, 0.05) is 0 Å². The lowest BCUT2D eigenvalue weighted by molar-refractivity contribution is 1.25. The largest absolute Gasteiger partial charge is 0.186 e. The SMILES string of the molecule is Cc1cccc(C)c1N=C=NN=C=Nc1c(C)cccc1C. The molecule has 110 valence electrons. The van der Waals surface area contributed by atoms with E-state index in [1.54, 1.807) is 0 Å². The predicted octanol–water partition coefficient (Wildman–Crippen LogP) is 5.15. The fourth-order valence-corrected chi connectivity index (χ4v) is 2.15. The maximum atomic E-state index is 4.19. The lowest BCUT2D eigenvalue weighted by atomic mass is 10.1.